The van der Waals surface area contributed by atoms with Crippen molar-refractivity contribution >= 4 is 22.9 Å². The van der Waals surface area contributed by atoms with Crippen LogP contribution < -0.4 is 10.2 Å². The van der Waals surface area contributed by atoms with Gasteiger partial charge >= 0.3 is 0 Å². The van der Waals surface area contributed by atoms with Gasteiger partial charge in [0.25, 0.3) is 5.91 Å². The summed E-state index contributed by atoms with van der Waals surface area (Å²) in [7, 11) is 0. The highest BCUT2D eigenvalue weighted by Crippen LogP contribution is 2.28. The fourth-order valence-electron chi connectivity index (χ4n) is 3.22. The fourth-order valence-corrected chi connectivity index (χ4v) is 3.22. The molecular formula is C19H20N4O. The number of nitrogens with zero attached hydrogens (tertiary/aromatic N) is 3. The maximum absolute atomic E-state index is 12.6. The van der Waals surface area contributed by atoms with Gasteiger partial charge in [-0.3, -0.25) is 4.79 Å². The Labute approximate surface area is 140 Å². The van der Waals surface area contributed by atoms with E-state index in [9.17, 15) is 4.79 Å². The number of aromatic nitrogens is 2. The van der Waals surface area contributed by atoms with E-state index in [0.717, 1.165) is 30.1 Å². The molecule has 1 aromatic carbocycles. The Balaban J connectivity index is 1.59. The molecule has 0 atom stereocenters. The van der Waals surface area contributed by atoms with Crippen LogP contribution in [0.5, 0.6) is 0 Å². The number of carbonyl (C=O) groups excluding carboxylic acids is 1. The summed E-state index contributed by atoms with van der Waals surface area (Å²) < 4.78 is 1.85. The molecule has 0 saturated carbocycles. The van der Waals surface area contributed by atoms with Gasteiger partial charge in [0.2, 0.25) is 0 Å². The molecular weight excluding hydrogens is 300 g/mol. The number of nitrogens with one attached hydrogen (secondary N) is 1. The molecule has 3 aromatic rings. The third-order valence-corrected chi connectivity index (χ3v) is 4.45. The second-order valence-electron chi connectivity index (χ2n) is 6.11. The number of pyridine rings is 1. The van der Waals surface area contributed by atoms with Crippen LogP contribution in [0.3, 0.4) is 0 Å². The van der Waals surface area contributed by atoms with E-state index in [1.807, 2.05) is 47.0 Å². The first kappa shape index (κ1) is 14.8. The average molecular weight is 320 g/mol. The molecule has 0 bridgehead atoms. The molecule has 0 aliphatic carbocycles. The van der Waals surface area contributed by atoms with Crippen LogP contribution in [0.4, 0.5) is 11.4 Å². The number of hydrogen-bond acceptors (Lipinski definition) is 3. The van der Waals surface area contributed by atoms with Crippen molar-refractivity contribution in [2.45, 2.75) is 19.3 Å². The lowest BCUT2D eigenvalue weighted by molar-refractivity contribution is 0.102. The molecule has 2 aromatic heterocycles. The molecule has 4 rings (SSSR count). The van der Waals surface area contributed by atoms with Gasteiger partial charge in [0.05, 0.1) is 11.4 Å². The minimum absolute atomic E-state index is 0.178. The number of para-hydroxylation sites is 2. The first-order valence-corrected chi connectivity index (χ1v) is 8.40. The van der Waals surface area contributed by atoms with E-state index in [0.29, 0.717) is 5.69 Å². The molecule has 122 valence electrons. The van der Waals surface area contributed by atoms with Crippen molar-refractivity contribution in [1.29, 1.82) is 0 Å². The number of benzene rings is 1. The largest absolute Gasteiger partial charge is 0.370 e. The van der Waals surface area contributed by atoms with Gasteiger partial charge in [-0.15, -0.1) is 0 Å². The Bertz CT molecular complexity index is 831. The Kier molecular flexibility index (Phi) is 3.91. The summed E-state index contributed by atoms with van der Waals surface area (Å²) in [5.41, 5.74) is 3.14. The Morgan fingerprint density at radius 2 is 1.79 bits per heavy atom. The summed E-state index contributed by atoms with van der Waals surface area (Å²) in [6, 6.07) is 13.7. The number of piperidine rings is 1. The quantitative estimate of drug-likeness (QED) is 0.802. The zero-order valence-electron chi connectivity index (χ0n) is 13.5. The normalized spacial score (nSPS) is 14.8. The molecule has 1 amide bonds. The van der Waals surface area contributed by atoms with E-state index in [2.05, 4.69) is 21.3 Å². The highest BCUT2D eigenvalue weighted by molar-refractivity contribution is 6.05. The lowest BCUT2D eigenvalue weighted by Crippen LogP contribution is -2.30. The minimum Gasteiger partial charge on any atom is -0.370 e. The van der Waals surface area contributed by atoms with Crippen LogP contribution in [0.25, 0.3) is 5.65 Å². The molecule has 1 N–H and O–H groups in total. The van der Waals surface area contributed by atoms with Gasteiger partial charge in [-0.25, -0.2) is 4.98 Å². The molecule has 24 heavy (non-hydrogen) atoms. The smallest absolute Gasteiger partial charge is 0.275 e. The van der Waals surface area contributed by atoms with Gasteiger partial charge in [-0.05, 0) is 43.5 Å². The number of imidazole rings is 1. The van der Waals surface area contributed by atoms with Crippen LogP contribution in [0.15, 0.2) is 54.9 Å². The summed E-state index contributed by atoms with van der Waals surface area (Å²) >= 11 is 0. The fraction of sp³-hybridized carbons (Fsp3) is 0.263. The van der Waals surface area contributed by atoms with Crippen LogP contribution in [-0.4, -0.2) is 28.4 Å². The number of fused-ring (bicyclic) bond motifs is 1. The monoisotopic (exact) mass is 320 g/mol. The predicted octanol–water partition coefficient (Wildman–Crippen LogP) is 3.58. The second kappa shape index (κ2) is 6.35. The van der Waals surface area contributed by atoms with Gasteiger partial charge < -0.3 is 14.6 Å². The van der Waals surface area contributed by atoms with Crippen molar-refractivity contribution < 1.29 is 4.79 Å². The standard InChI is InChI=1S/C19H20N4O/c24-19(16-14-23-13-7-4-10-18(23)20-16)21-15-8-2-3-9-17(15)22-11-5-1-6-12-22/h2-4,7-10,13-14H,1,5-6,11-12H2,(H,21,24). The third kappa shape index (κ3) is 2.85. The Hall–Kier alpha value is -2.82. The van der Waals surface area contributed by atoms with Crippen LogP contribution >= 0.6 is 0 Å². The Morgan fingerprint density at radius 3 is 2.62 bits per heavy atom. The van der Waals surface area contributed by atoms with E-state index < -0.39 is 0 Å². The van der Waals surface area contributed by atoms with Crippen molar-refractivity contribution in [3.63, 3.8) is 0 Å². The lowest BCUT2D eigenvalue weighted by Gasteiger charge is -2.30. The van der Waals surface area contributed by atoms with E-state index in [4.69, 9.17) is 0 Å². The maximum Gasteiger partial charge on any atom is 0.275 e. The maximum atomic E-state index is 12.6. The third-order valence-electron chi connectivity index (χ3n) is 4.45. The molecule has 0 unspecified atom stereocenters. The van der Waals surface area contributed by atoms with Crippen molar-refractivity contribution in [3.05, 3.63) is 60.6 Å². The summed E-state index contributed by atoms with van der Waals surface area (Å²) in [4.78, 5) is 19.4. The van der Waals surface area contributed by atoms with Gasteiger partial charge in [0.15, 0.2) is 0 Å². The SMILES string of the molecule is O=C(Nc1ccccc1N1CCCCC1)c1cn2ccccc2n1. The molecule has 1 fully saturated rings. The van der Waals surface area contributed by atoms with Gasteiger partial charge in [0, 0.05) is 25.5 Å². The topological polar surface area (TPSA) is 49.6 Å². The summed E-state index contributed by atoms with van der Waals surface area (Å²) in [5.74, 6) is -0.178. The van der Waals surface area contributed by atoms with Crippen LogP contribution in [0, 0.1) is 0 Å². The molecule has 1 saturated heterocycles. The number of amides is 1. The second-order valence-corrected chi connectivity index (χ2v) is 6.11. The minimum atomic E-state index is -0.178. The van der Waals surface area contributed by atoms with Crippen LogP contribution in [-0.2, 0) is 0 Å². The van der Waals surface area contributed by atoms with E-state index in [1.165, 1.54) is 19.3 Å². The summed E-state index contributed by atoms with van der Waals surface area (Å²) in [6.45, 7) is 2.09. The highest BCUT2D eigenvalue weighted by atomic mass is 16.1. The predicted molar refractivity (Wildman–Crippen MR) is 95.7 cm³/mol. The zero-order valence-corrected chi connectivity index (χ0v) is 13.5. The lowest BCUT2D eigenvalue weighted by atomic mass is 10.1. The van der Waals surface area contributed by atoms with Gasteiger partial charge in [-0.2, -0.15) is 0 Å². The molecule has 1 aliphatic rings. The molecule has 3 heterocycles. The van der Waals surface area contributed by atoms with Crippen LogP contribution in [0.1, 0.15) is 29.8 Å². The molecule has 0 spiro atoms. The van der Waals surface area contributed by atoms with Crippen molar-refractivity contribution in [2.24, 2.45) is 0 Å². The van der Waals surface area contributed by atoms with Crippen LogP contribution in [0.2, 0.25) is 0 Å². The number of hydrogen-bond donors (Lipinski definition) is 1. The first-order valence-electron chi connectivity index (χ1n) is 8.40. The van der Waals surface area contributed by atoms with Crippen molar-refractivity contribution in [3.8, 4) is 0 Å². The van der Waals surface area contributed by atoms with Crippen molar-refractivity contribution in [2.75, 3.05) is 23.3 Å². The Morgan fingerprint density at radius 1 is 1.00 bits per heavy atom. The number of anilines is 2. The molecule has 5 nitrogen and oxygen atoms in total. The van der Waals surface area contributed by atoms with E-state index in [1.54, 1.807) is 6.20 Å². The summed E-state index contributed by atoms with van der Waals surface area (Å²) in [5, 5.41) is 3.03. The number of rotatable bonds is 3. The van der Waals surface area contributed by atoms with Crippen molar-refractivity contribution in [1.82, 2.24) is 9.38 Å². The molecule has 0 radical (unpaired) electrons. The summed E-state index contributed by atoms with van der Waals surface area (Å²) in [6.07, 6.45) is 7.34. The average Bonchev–Trinajstić information content (AvgIpc) is 3.07. The first-order chi connectivity index (χ1) is 11.8. The van der Waals surface area contributed by atoms with Gasteiger partial charge in [0.1, 0.15) is 11.3 Å². The number of carbonyl (C=O) groups is 1. The van der Waals surface area contributed by atoms with E-state index in [-0.39, 0.29) is 5.91 Å². The molecule has 5 heteroatoms. The highest BCUT2D eigenvalue weighted by Gasteiger charge is 2.17. The van der Waals surface area contributed by atoms with Gasteiger partial charge in [-0.1, -0.05) is 18.2 Å². The van der Waals surface area contributed by atoms with E-state index >= 15 is 0 Å². The molecule has 1 aliphatic heterocycles. The zero-order chi connectivity index (χ0) is 16.4.